The second-order valence-electron chi connectivity index (χ2n) is 8.53. The maximum atomic E-state index is 12.0. The Balaban J connectivity index is 1.60. The van der Waals surface area contributed by atoms with Gasteiger partial charge in [-0.2, -0.15) is 0 Å². The summed E-state index contributed by atoms with van der Waals surface area (Å²) in [7, 11) is 0. The molecule has 1 aliphatic carbocycles. The number of rotatable bonds is 3. The fourth-order valence-corrected chi connectivity index (χ4v) is 4.26. The molecule has 2 heteroatoms. The number of carbonyl (C=O) groups is 1. The standard InChI is InChI=1S/C21H31NO/c1-21(2,3)18-11-9-16(10-12-18)14-17-6-4-7-19(15-17)22-13-5-8-20(22)23/h9-12,17,19H,4-8,13-15H2,1-3H3. The van der Waals surface area contributed by atoms with Crippen LogP contribution in [0.3, 0.4) is 0 Å². The Labute approximate surface area is 141 Å². The number of likely N-dealkylation sites (tertiary alicyclic amines) is 1. The maximum Gasteiger partial charge on any atom is 0.222 e. The first-order valence-electron chi connectivity index (χ1n) is 9.32. The van der Waals surface area contributed by atoms with Gasteiger partial charge in [0.1, 0.15) is 0 Å². The van der Waals surface area contributed by atoms with Gasteiger partial charge in [0, 0.05) is 19.0 Å². The molecule has 0 bridgehead atoms. The summed E-state index contributed by atoms with van der Waals surface area (Å²) < 4.78 is 0. The highest BCUT2D eigenvalue weighted by Crippen LogP contribution is 2.32. The molecule has 1 heterocycles. The van der Waals surface area contributed by atoms with Crippen LogP contribution >= 0.6 is 0 Å². The summed E-state index contributed by atoms with van der Waals surface area (Å²) in [6, 6.07) is 9.72. The molecule has 0 radical (unpaired) electrons. The third-order valence-corrected chi connectivity index (χ3v) is 5.65. The molecule has 2 atom stereocenters. The molecule has 126 valence electrons. The van der Waals surface area contributed by atoms with Gasteiger partial charge >= 0.3 is 0 Å². The summed E-state index contributed by atoms with van der Waals surface area (Å²) in [6.07, 6.45) is 8.02. The fourth-order valence-electron chi connectivity index (χ4n) is 4.26. The van der Waals surface area contributed by atoms with Crippen molar-refractivity contribution in [1.82, 2.24) is 4.90 Å². The average Bonchev–Trinajstić information content (AvgIpc) is 2.93. The second-order valence-corrected chi connectivity index (χ2v) is 8.53. The molecular formula is C21H31NO. The van der Waals surface area contributed by atoms with E-state index in [1.807, 2.05) is 0 Å². The van der Waals surface area contributed by atoms with Gasteiger partial charge in [-0.05, 0) is 54.6 Å². The van der Waals surface area contributed by atoms with Crippen LogP contribution in [-0.4, -0.2) is 23.4 Å². The molecule has 2 unspecified atom stereocenters. The Morgan fingerprint density at radius 2 is 1.83 bits per heavy atom. The van der Waals surface area contributed by atoms with Crippen molar-refractivity contribution in [1.29, 1.82) is 0 Å². The highest BCUT2D eigenvalue weighted by Gasteiger charge is 2.32. The Bertz CT molecular complexity index is 540. The molecule has 2 fully saturated rings. The van der Waals surface area contributed by atoms with E-state index in [1.54, 1.807) is 0 Å². The molecule has 1 aliphatic heterocycles. The van der Waals surface area contributed by atoms with Gasteiger partial charge in [-0.1, -0.05) is 51.5 Å². The molecule has 0 N–H and O–H groups in total. The molecule has 1 saturated heterocycles. The first kappa shape index (κ1) is 16.5. The average molecular weight is 313 g/mol. The van der Waals surface area contributed by atoms with Gasteiger partial charge in [-0.25, -0.2) is 0 Å². The topological polar surface area (TPSA) is 20.3 Å². The number of hydrogen-bond acceptors (Lipinski definition) is 1. The molecule has 1 aromatic rings. The molecule has 0 aromatic heterocycles. The van der Waals surface area contributed by atoms with E-state index < -0.39 is 0 Å². The second kappa shape index (κ2) is 6.67. The Morgan fingerprint density at radius 3 is 2.43 bits per heavy atom. The van der Waals surface area contributed by atoms with Crippen molar-refractivity contribution >= 4 is 5.91 Å². The molecule has 3 rings (SSSR count). The Hall–Kier alpha value is -1.31. The zero-order valence-electron chi connectivity index (χ0n) is 15.0. The van der Waals surface area contributed by atoms with E-state index >= 15 is 0 Å². The zero-order valence-corrected chi connectivity index (χ0v) is 15.0. The summed E-state index contributed by atoms with van der Waals surface area (Å²) in [5.74, 6) is 1.13. The number of benzene rings is 1. The largest absolute Gasteiger partial charge is 0.340 e. The van der Waals surface area contributed by atoms with E-state index in [0.29, 0.717) is 11.9 Å². The van der Waals surface area contributed by atoms with Gasteiger partial charge in [0.05, 0.1) is 0 Å². The van der Waals surface area contributed by atoms with E-state index in [-0.39, 0.29) is 5.41 Å². The lowest BCUT2D eigenvalue weighted by Crippen LogP contribution is -2.39. The van der Waals surface area contributed by atoms with Crippen LogP contribution in [0.2, 0.25) is 0 Å². The van der Waals surface area contributed by atoms with Crippen molar-refractivity contribution in [2.75, 3.05) is 6.54 Å². The van der Waals surface area contributed by atoms with Gasteiger partial charge in [0.15, 0.2) is 0 Å². The summed E-state index contributed by atoms with van der Waals surface area (Å²) in [5.41, 5.74) is 3.09. The first-order valence-corrected chi connectivity index (χ1v) is 9.32. The third kappa shape index (κ3) is 3.97. The number of carbonyl (C=O) groups excluding carboxylic acids is 1. The Morgan fingerprint density at radius 1 is 1.09 bits per heavy atom. The quantitative estimate of drug-likeness (QED) is 0.791. The predicted molar refractivity (Wildman–Crippen MR) is 95.5 cm³/mol. The van der Waals surface area contributed by atoms with E-state index in [1.165, 1.54) is 43.2 Å². The fraction of sp³-hybridized carbons (Fsp3) is 0.667. The van der Waals surface area contributed by atoms with Crippen LogP contribution in [0, 0.1) is 5.92 Å². The third-order valence-electron chi connectivity index (χ3n) is 5.65. The van der Waals surface area contributed by atoms with Gasteiger partial charge in [-0.3, -0.25) is 4.79 Å². The van der Waals surface area contributed by atoms with Crippen LogP contribution < -0.4 is 0 Å². The van der Waals surface area contributed by atoms with Gasteiger partial charge in [-0.15, -0.1) is 0 Å². The summed E-state index contributed by atoms with van der Waals surface area (Å²) >= 11 is 0. The van der Waals surface area contributed by atoms with Crippen molar-refractivity contribution in [2.24, 2.45) is 5.92 Å². The minimum atomic E-state index is 0.227. The lowest BCUT2D eigenvalue weighted by atomic mass is 9.80. The van der Waals surface area contributed by atoms with Crippen LogP contribution in [-0.2, 0) is 16.6 Å². The van der Waals surface area contributed by atoms with Crippen molar-refractivity contribution < 1.29 is 4.79 Å². The molecule has 1 aromatic carbocycles. The van der Waals surface area contributed by atoms with Crippen molar-refractivity contribution in [3.8, 4) is 0 Å². The molecule has 1 saturated carbocycles. The van der Waals surface area contributed by atoms with Gasteiger partial charge in [0.25, 0.3) is 0 Å². The monoisotopic (exact) mass is 313 g/mol. The highest BCUT2D eigenvalue weighted by atomic mass is 16.2. The molecule has 2 aliphatic rings. The van der Waals surface area contributed by atoms with Crippen LogP contribution in [0.15, 0.2) is 24.3 Å². The van der Waals surface area contributed by atoms with Crippen LogP contribution in [0.25, 0.3) is 0 Å². The van der Waals surface area contributed by atoms with E-state index in [4.69, 9.17) is 0 Å². The van der Waals surface area contributed by atoms with E-state index in [0.717, 1.165) is 25.3 Å². The first-order chi connectivity index (χ1) is 10.9. The minimum absolute atomic E-state index is 0.227. The normalized spacial score (nSPS) is 25.9. The van der Waals surface area contributed by atoms with Crippen LogP contribution in [0.5, 0.6) is 0 Å². The molecule has 2 nitrogen and oxygen atoms in total. The molecule has 1 amide bonds. The molecule has 0 spiro atoms. The van der Waals surface area contributed by atoms with Crippen LogP contribution in [0.1, 0.15) is 70.4 Å². The summed E-state index contributed by atoms with van der Waals surface area (Å²) in [4.78, 5) is 14.2. The summed E-state index contributed by atoms with van der Waals surface area (Å²) in [6.45, 7) is 7.79. The number of nitrogens with zero attached hydrogens (tertiary/aromatic N) is 1. The van der Waals surface area contributed by atoms with Crippen LogP contribution in [0.4, 0.5) is 0 Å². The Kier molecular flexibility index (Phi) is 4.79. The van der Waals surface area contributed by atoms with Crippen molar-refractivity contribution in [2.45, 2.75) is 77.2 Å². The van der Waals surface area contributed by atoms with E-state index in [2.05, 4.69) is 49.9 Å². The molecule has 23 heavy (non-hydrogen) atoms. The molecular weight excluding hydrogens is 282 g/mol. The highest BCUT2D eigenvalue weighted by molar-refractivity contribution is 5.78. The maximum absolute atomic E-state index is 12.0. The zero-order chi connectivity index (χ0) is 16.4. The van der Waals surface area contributed by atoms with Gasteiger partial charge < -0.3 is 4.90 Å². The summed E-state index contributed by atoms with van der Waals surface area (Å²) in [5, 5.41) is 0. The smallest absolute Gasteiger partial charge is 0.222 e. The van der Waals surface area contributed by atoms with Crippen molar-refractivity contribution in [3.63, 3.8) is 0 Å². The number of amides is 1. The lowest BCUT2D eigenvalue weighted by Gasteiger charge is -2.35. The lowest BCUT2D eigenvalue weighted by molar-refractivity contribution is -0.130. The van der Waals surface area contributed by atoms with Gasteiger partial charge in [0.2, 0.25) is 5.91 Å². The predicted octanol–water partition coefficient (Wildman–Crippen LogP) is 4.71. The minimum Gasteiger partial charge on any atom is -0.340 e. The number of hydrogen-bond donors (Lipinski definition) is 0. The van der Waals surface area contributed by atoms with Crippen molar-refractivity contribution in [3.05, 3.63) is 35.4 Å². The SMILES string of the molecule is CC(C)(C)c1ccc(CC2CCCC(N3CCCC3=O)C2)cc1. The van der Waals surface area contributed by atoms with E-state index in [9.17, 15) is 4.79 Å².